The third-order valence-corrected chi connectivity index (χ3v) is 21.0. The van der Waals surface area contributed by atoms with Gasteiger partial charge in [0.05, 0.1) is 11.4 Å². The second-order valence-electron chi connectivity index (χ2n) is 34.5. The summed E-state index contributed by atoms with van der Waals surface area (Å²) in [5.74, 6) is 3.29. The highest BCUT2D eigenvalue weighted by Crippen LogP contribution is 2.53. The average molecular weight is 1300 g/mol. The minimum atomic E-state index is -0.298. The third kappa shape index (κ3) is 11.4. The molecule has 11 aromatic carbocycles. The van der Waals surface area contributed by atoms with Gasteiger partial charge in [-0.05, 0) is 197 Å². The first kappa shape index (κ1) is 65.3. The highest BCUT2D eigenvalue weighted by atomic mass is 16.5. The summed E-state index contributed by atoms with van der Waals surface area (Å²) in [7, 11) is 0. The summed E-state index contributed by atoms with van der Waals surface area (Å²) in [6.07, 6.45) is 0. The Balaban J connectivity index is 1.10. The van der Waals surface area contributed by atoms with Gasteiger partial charge < -0.3 is 29.1 Å². The van der Waals surface area contributed by atoms with Gasteiger partial charge in [-0.1, -0.05) is 239 Å². The molecule has 8 heteroatoms. The first-order valence-electron chi connectivity index (χ1n) is 35.7. The van der Waals surface area contributed by atoms with Gasteiger partial charge in [0.2, 0.25) is 0 Å². The van der Waals surface area contributed by atoms with E-state index in [4.69, 9.17) is 9.47 Å². The van der Waals surface area contributed by atoms with E-state index in [1.807, 2.05) is 0 Å². The van der Waals surface area contributed by atoms with Crippen LogP contribution >= 0.6 is 0 Å². The van der Waals surface area contributed by atoms with Crippen LogP contribution in [0.1, 0.15) is 164 Å². The highest BCUT2D eigenvalue weighted by Gasteiger charge is 2.51. The molecule has 0 spiro atoms. The Labute approximate surface area is 590 Å². The summed E-state index contributed by atoms with van der Waals surface area (Å²) in [6.45, 7) is 44.3. The van der Waals surface area contributed by atoms with Crippen LogP contribution in [0.25, 0.3) is 0 Å². The molecule has 0 unspecified atom stereocenters. The van der Waals surface area contributed by atoms with Crippen molar-refractivity contribution in [1.29, 1.82) is 0 Å². The molecule has 0 saturated carbocycles. The van der Waals surface area contributed by atoms with Crippen molar-refractivity contribution in [2.24, 2.45) is 0 Å². The molecule has 0 aliphatic carbocycles. The molecule has 0 aromatic heterocycles. The number of fused-ring (bicyclic) bond motifs is 8. The van der Waals surface area contributed by atoms with Crippen LogP contribution in [0.2, 0.25) is 0 Å². The molecule has 11 aromatic rings. The van der Waals surface area contributed by atoms with Gasteiger partial charge in [0.25, 0.3) is 13.4 Å². The minimum Gasteiger partial charge on any atom is -0.458 e. The van der Waals surface area contributed by atoms with Crippen molar-refractivity contribution in [1.82, 2.24) is 0 Å². The molecule has 15 rings (SSSR count). The molecular weight excluding hydrogens is 1200 g/mol. The van der Waals surface area contributed by atoms with Crippen LogP contribution in [0, 0.1) is 6.92 Å². The molecule has 4 aliphatic heterocycles. The van der Waals surface area contributed by atoms with Crippen LogP contribution in [0.15, 0.2) is 224 Å². The van der Waals surface area contributed by atoms with Gasteiger partial charge in [0.1, 0.15) is 23.0 Å². The van der Waals surface area contributed by atoms with E-state index in [1.54, 1.807) is 0 Å². The lowest BCUT2D eigenvalue weighted by atomic mass is 9.29. The Kier molecular flexibility index (Phi) is 15.3. The highest BCUT2D eigenvalue weighted by molar-refractivity contribution is 7.02. The fraction of sp³-hybridized carbons (Fsp3) is 0.275. The van der Waals surface area contributed by atoms with Crippen LogP contribution < -0.4 is 61.9 Å². The van der Waals surface area contributed by atoms with Crippen molar-refractivity contribution >= 4 is 114 Å². The van der Waals surface area contributed by atoms with Crippen LogP contribution in [0.3, 0.4) is 0 Å². The van der Waals surface area contributed by atoms with E-state index < -0.39 is 0 Å². The molecule has 6 nitrogen and oxygen atoms in total. The molecule has 99 heavy (non-hydrogen) atoms. The summed E-state index contributed by atoms with van der Waals surface area (Å²) in [6, 6.07) is 84.5. The summed E-state index contributed by atoms with van der Waals surface area (Å²) in [5, 5.41) is 0. The lowest BCUT2D eigenvalue weighted by Gasteiger charge is -2.47. The van der Waals surface area contributed by atoms with Crippen molar-refractivity contribution in [3.63, 3.8) is 0 Å². The van der Waals surface area contributed by atoms with E-state index >= 15 is 0 Å². The average Bonchev–Trinajstić information content (AvgIpc) is 0.683. The summed E-state index contributed by atoms with van der Waals surface area (Å²) in [5.41, 5.74) is 27.8. The molecular formula is C91H94B2N4O2. The zero-order valence-corrected chi connectivity index (χ0v) is 61.6. The minimum absolute atomic E-state index is 0.156. The number of anilines is 12. The van der Waals surface area contributed by atoms with Gasteiger partial charge in [-0.15, -0.1) is 0 Å². The molecule has 4 aliphatic rings. The van der Waals surface area contributed by atoms with Crippen molar-refractivity contribution < 1.29 is 9.47 Å². The van der Waals surface area contributed by atoms with Crippen LogP contribution in [-0.4, -0.2) is 13.4 Å². The van der Waals surface area contributed by atoms with E-state index in [2.05, 4.69) is 376 Å². The number of ether oxygens (including phenoxy) is 2. The molecule has 496 valence electrons. The van der Waals surface area contributed by atoms with Gasteiger partial charge in [0, 0.05) is 80.5 Å². The Hall–Kier alpha value is -9.65. The van der Waals surface area contributed by atoms with Crippen LogP contribution in [-0.2, 0) is 32.5 Å². The fourth-order valence-corrected chi connectivity index (χ4v) is 15.6. The number of hydrogen-bond donors (Lipinski definition) is 0. The number of para-hydroxylation sites is 4. The van der Waals surface area contributed by atoms with Crippen molar-refractivity contribution in [3.8, 4) is 23.0 Å². The number of aryl methyl sites for hydroxylation is 1. The Bertz CT molecular complexity index is 4910. The van der Waals surface area contributed by atoms with Gasteiger partial charge >= 0.3 is 0 Å². The van der Waals surface area contributed by atoms with Gasteiger partial charge in [-0.2, -0.15) is 0 Å². The Morgan fingerprint density at radius 3 is 1.13 bits per heavy atom. The second-order valence-corrected chi connectivity index (χ2v) is 34.5. The van der Waals surface area contributed by atoms with E-state index in [0.29, 0.717) is 0 Å². The second kappa shape index (κ2) is 23.2. The van der Waals surface area contributed by atoms with Crippen molar-refractivity contribution in [3.05, 3.63) is 263 Å². The SMILES string of the molecule is Cc1ccc(N(c2ccccc2)c2cc3c4c(c2)Oc2cc(C(C)(C)C)cc(C(C)(C)C)c2B4c2cc4c(cc2O3)N(c2ccccc2)c2cc(N(c3ccccc3)c3ccccc3)cc3c2B4c2c(cc(C(C)(C)C)cc2C(C)(C)C)N3c2cc(C(C)(C)C)cc(C(C)(C)C)c2)cc1. The summed E-state index contributed by atoms with van der Waals surface area (Å²) in [4.78, 5) is 10.1. The predicted molar refractivity (Wildman–Crippen MR) is 424 cm³/mol. The maximum Gasteiger partial charge on any atom is 0.261 e. The maximum atomic E-state index is 7.85. The van der Waals surface area contributed by atoms with E-state index in [1.165, 1.54) is 66.5 Å². The van der Waals surface area contributed by atoms with Crippen LogP contribution in [0.5, 0.6) is 23.0 Å². The maximum absolute atomic E-state index is 7.85. The normalized spacial score (nSPS) is 13.9. The molecule has 0 amide bonds. The predicted octanol–water partition coefficient (Wildman–Crippen LogP) is 21.5. The van der Waals surface area contributed by atoms with Crippen molar-refractivity contribution in [2.75, 3.05) is 19.6 Å². The smallest absolute Gasteiger partial charge is 0.261 e. The molecule has 0 atom stereocenters. The zero-order chi connectivity index (χ0) is 69.8. The largest absolute Gasteiger partial charge is 0.458 e. The summed E-state index contributed by atoms with van der Waals surface area (Å²) < 4.78 is 15.5. The molecule has 0 saturated heterocycles. The third-order valence-electron chi connectivity index (χ3n) is 21.0. The lowest BCUT2D eigenvalue weighted by Crippen LogP contribution is -2.65. The van der Waals surface area contributed by atoms with E-state index in [9.17, 15) is 0 Å². The van der Waals surface area contributed by atoms with Gasteiger partial charge in [-0.3, -0.25) is 0 Å². The number of nitrogens with zero attached hydrogens (tertiary/aromatic N) is 4. The van der Waals surface area contributed by atoms with E-state index in [-0.39, 0.29) is 45.9 Å². The van der Waals surface area contributed by atoms with E-state index in [0.717, 1.165) is 96.5 Å². The van der Waals surface area contributed by atoms with Gasteiger partial charge in [0.15, 0.2) is 0 Å². The number of hydrogen-bond acceptors (Lipinski definition) is 6. The molecule has 0 N–H and O–H groups in total. The number of rotatable bonds is 8. The first-order chi connectivity index (χ1) is 46.8. The zero-order valence-electron chi connectivity index (χ0n) is 61.6. The monoisotopic (exact) mass is 1300 g/mol. The first-order valence-corrected chi connectivity index (χ1v) is 35.7. The van der Waals surface area contributed by atoms with Crippen LogP contribution in [0.4, 0.5) is 68.2 Å². The Morgan fingerprint density at radius 2 is 0.657 bits per heavy atom. The van der Waals surface area contributed by atoms with Gasteiger partial charge in [-0.25, -0.2) is 0 Å². The fourth-order valence-electron chi connectivity index (χ4n) is 15.6. The quantitative estimate of drug-likeness (QED) is 0.141. The molecule has 0 fully saturated rings. The Morgan fingerprint density at radius 1 is 0.273 bits per heavy atom. The van der Waals surface area contributed by atoms with Crippen molar-refractivity contribution in [2.45, 2.75) is 164 Å². The molecule has 4 heterocycles. The standard InChI is InChI=1S/C91H94B2N4O2/c1-57-40-42-66(43-41-57)95(64-36-28-22-29-37-64)69-53-80-85-81(54-69)99-79-50-61(89(11,12)13)48-71(91(17,18)19)83(79)93(85)73-55-72-74(56-78(73)98-80)96(65-38-30-23-31-39-65)76-51-68(94(62-32-24-20-25-33-62)63-34-26-21-27-35-63)52-77-84(76)92(72)82-70(90(14,15)16)47-60(88(8,9)10)49-75(82)97(77)67-45-58(86(2,3)4)44-59(46-67)87(5,6)7/h20-56H,1-19H3. The number of benzene rings is 11. The lowest BCUT2D eigenvalue weighted by molar-refractivity contribution is 0.460. The topological polar surface area (TPSA) is 31.4 Å². The molecule has 0 bridgehead atoms. The summed E-state index contributed by atoms with van der Waals surface area (Å²) >= 11 is 0. The molecule has 0 radical (unpaired) electrons.